The van der Waals surface area contributed by atoms with Gasteiger partial charge in [-0.1, -0.05) is 54.2 Å². The summed E-state index contributed by atoms with van der Waals surface area (Å²) in [6.45, 7) is 4.40. The van der Waals surface area contributed by atoms with Gasteiger partial charge in [-0.2, -0.15) is 0 Å². The van der Waals surface area contributed by atoms with E-state index in [1.165, 1.54) is 14.2 Å². The van der Waals surface area contributed by atoms with Crippen molar-refractivity contribution in [2.45, 2.75) is 6.61 Å². The predicted molar refractivity (Wildman–Crippen MR) is 105 cm³/mol. The highest BCUT2D eigenvalue weighted by molar-refractivity contribution is 6.40. The van der Waals surface area contributed by atoms with Crippen LogP contribution in [0.15, 0.2) is 66.3 Å². The molecule has 27 heavy (non-hydrogen) atoms. The summed E-state index contributed by atoms with van der Waals surface area (Å²) < 4.78 is 4.74. The average molecular weight is 369 g/mol. The summed E-state index contributed by atoms with van der Waals surface area (Å²) in [6.07, 6.45) is 0. The molecule has 0 spiro atoms. The van der Waals surface area contributed by atoms with Crippen LogP contribution < -0.4 is 10.4 Å². The molecule has 0 saturated carbocycles. The smallest absolute Gasteiger partial charge is 0.377 e. The van der Waals surface area contributed by atoms with Crippen LogP contribution in [-0.4, -0.2) is 33.1 Å². The van der Waals surface area contributed by atoms with Crippen LogP contribution in [0.4, 0.5) is 5.69 Å². The Hall–Kier alpha value is -3.32. The third kappa shape index (κ3) is 5.58. The Bertz CT molecular complexity index is 806. The molecular formula is C20H23N3O4. The molecule has 0 saturated heterocycles. The van der Waals surface area contributed by atoms with Gasteiger partial charge in [-0.05, 0) is 17.7 Å². The van der Waals surface area contributed by atoms with Gasteiger partial charge in [0, 0.05) is 18.3 Å². The molecule has 0 atom stereocenters. The average Bonchev–Trinajstić information content (AvgIpc) is 2.71. The zero-order valence-electron chi connectivity index (χ0n) is 15.6. The van der Waals surface area contributed by atoms with Crippen LogP contribution in [0.25, 0.3) is 5.70 Å². The largest absolute Gasteiger partial charge is 0.463 e. The van der Waals surface area contributed by atoms with Crippen LogP contribution in [-0.2, 0) is 25.8 Å². The van der Waals surface area contributed by atoms with Gasteiger partial charge in [0.2, 0.25) is 0 Å². The number of hydrogen-bond acceptors (Lipinski definition) is 6. The molecule has 0 heterocycles. The fourth-order valence-corrected chi connectivity index (χ4v) is 2.28. The normalized spacial score (nSPS) is 10.9. The molecule has 2 aromatic carbocycles. The Morgan fingerprint density at radius 1 is 1.15 bits per heavy atom. The number of esters is 1. The maximum Gasteiger partial charge on any atom is 0.377 e. The molecule has 0 unspecified atom stereocenters. The molecule has 1 N–H and O–H groups in total. The molecule has 0 radical (unpaired) electrons. The standard InChI is InChI=1S/C20H23N3O4/c1-15(21-27-14-16-9-6-5-7-10-16)17-11-8-12-18(13-17)23(2)19(22-26-4)20(24)25-3/h5-13,21H,1,14H2,2-4H3. The van der Waals surface area contributed by atoms with Crippen molar-refractivity contribution in [3.8, 4) is 0 Å². The van der Waals surface area contributed by atoms with Crippen molar-refractivity contribution in [2.75, 3.05) is 26.2 Å². The van der Waals surface area contributed by atoms with E-state index in [1.807, 2.05) is 54.6 Å². The second-order valence-corrected chi connectivity index (χ2v) is 5.55. The Morgan fingerprint density at radius 3 is 2.56 bits per heavy atom. The minimum atomic E-state index is -0.604. The monoisotopic (exact) mass is 369 g/mol. The van der Waals surface area contributed by atoms with Crippen molar-refractivity contribution in [1.82, 2.24) is 5.48 Å². The molecule has 7 heteroatoms. The van der Waals surface area contributed by atoms with Gasteiger partial charge >= 0.3 is 5.97 Å². The molecule has 2 rings (SSSR count). The van der Waals surface area contributed by atoms with Crippen LogP contribution in [0.5, 0.6) is 0 Å². The summed E-state index contributed by atoms with van der Waals surface area (Å²) in [5.41, 5.74) is 5.98. The van der Waals surface area contributed by atoms with Crippen molar-refractivity contribution >= 4 is 23.2 Å². The molecule has 0 aliphatic rings. The molecule has 0 fully saturated rings. The molecule has 142 valence electrons. The summed E-state index contributed by atoms with van der Waals surface area (Å²) in [5, 5.41) is 3.73. The highest BCUT2D eigenvalue weighted by atomic mass is 16.6. The first-order valence-corrected chi connectivity index (χ1v) is 8.21. The number of likely N-dealkylation sites (N-methyl/N-ethyl adjacent to an activating group) is 1. The fraction of sp³-hybridized carbons (Fsp3) is 0.200. The minimum absolute atomic E-state index is 0.0241. The van der Waals surface area contributed by atoms with Crippen LogP contribution in [0.3, 0.4) is 0 Å². The van der Waals surface area contributed by atoms with E-state index >= 15 is 0 Å². The number of ether oxygens (including phenoxy) is 1. The highest BCUT2D eigenvalue weighted by Crippen LogP contribution is 2.19. The SMILES string of the molecule is C=C(NOCc1ccccc1)c1cccc(N(C)C(=NOC)C(=O)OC)c1. The van der Waals surface area contributed by atoms with E-state index < -0.39 is 5.97 Å². The van der Waals surface area contributed by atoms with Crippen LogP contribution in [0.2, 0.25) is 0 Å². The topological polar surface area (TPSA) is 72.4 Å². The third-order valence-corrected chi connectivity index (χ3v) is 3.72. The zero-order chi connectivity index (χ0) is 19.6. The summed E-state index contributed by atoms with van der Waals surface area (Å²) in [4.78, 5) is 23.7. The number of carbonyl (C=O) groups excluding carboxylic acids is 1. The van der Waals surface area contributed by atoms with Gasteiger partial charge < -0.3 is 14.5 Å². The lowest BCUT2D eigenvalue weighted by Gasteiger charge is -2.20. The summed E-state index contributed by atoms with van der Waals surface area (Å²) in [5.74, 6) is -0.580. The number of nitrogens with one attached hydrogen (secondary N) is 1. The summed E-state index contributed by atoms with van der Waals surface area (Å²) in [6, 6.07) is 17.2. The molecule has 2 aromatic rings. The van der Waals surface area contributed by atoms with Crippen molar-refractivity contribution in [3.05, 3.63) is 72.3 Å². The molecule has 0 amide bonds. The van der Waals surface area contributed by atoms with Crippen molar-refractivity contribution < 1.29 is 19.2 Å². The van der Waals surface area contributed by atoms with E-state index in [0.29, 0.717) is 18.0 Å². The van der Waals surface area contributed by atoms with Crippen molar-refractivity contribution in [2.24, 2.45) is 5.16 Å². The highest BCUT2D eigenvalue weighted by Gasteiger charge is 2.20. The maximum atomic E-state index is 11.9. The minimum Gasteiger partial charge on any atom is -0.463 e. The van der Waals surface area contributed by atoms with Gasteiger partial charge in [0.1, 0.15) is 7.11 Å². The first-order chi connectivity index (χ1) is 13.1. The summed E-state index contributed by atoms with van der Waals surface area (Å²) >= 11 is 0. The lowest BCUT2D eigenvalue weighted by Crippen LogP contribution is -2.34. The van der Waals surface area contributed by atoms with E-state index in [0.717, 1.165) is 11.1 Å². The van der Waals surface area contributed by atoms with Gasteiger partial charge in [0.15, 0.2) is 0 Å². The Balaban J connectivity index is 2.06. The molecule has 0 aromatic heterocycles. The van der Waals surface area contributed by atoms with E-state index in [1.54, 1.807) is 11.9 Å². The van der Waals surface area contributed by atoms with Crippen LogP contribution >= 0.6 is 0 Å². The van der Waals surface area contributed by atoms with Gasteiger partial charge in [-0.25, -0.2) is 4.79 Å². The number of hydroxylamine groups is 1. The molecule has 0 bridgehead atoms. The third-order valence-electron chi connectivity index (χ3n) is 3.72. The number of hydrogen-bond donors (Lipinski definition) is 1. The number of carbonyl (C=O) groups is 1. The fourth-order valence-electron chi connectivity index (χ4n) is 2.28. The molecule has 0 aliphatic heterocycles. The molecule has 0 aliphatic carbocycles. The number of benzene rings is 2. The van der Waals surface area contributed by atoms with Gasteiger partial charge in [0.25, 0.3) is 5.84 Å². The number of amidine groups is 1. The lowest BCUT2D eigenvalue weighted by atomic mass is 10.1. The number of rotatable bonds is 7. The van der Waals surface area contributed by atoms with Crippen molar-refractivity contribution in [1.29, 1.82) is 0 Å². The second kappa shape index (κ2) is 9.98. The number of nitrogens with zero attached hydrogens (tertiary/aromatic N) is 2. The number of methoxy groups -OCH3 is 1. The lowest BCUT2D eigenvalue weighted by molar-refractivity contribution is -0.133. The van der Waals surface area contributed by atoms with Gasteiger partial charge in [-0.3, -0.25) is 10.3 Å². The molecule has 7 nitrogen and oxygen atoms in total. The Morgan fingerprint density at radius 2 is 1.89 bits per heavy atom. The molecular weight excluding hydrogens is 346 g/mol. The second-order valence-electron chi connectivity index (χ2n) is 5.55. The predicted octanol–water partition coefficient (Wildman–Crippen LogP) is 2.95. The maximum absolute atomic E-state index is 11.9. The van der Waals surface area contributed by atoms with Crippen molar-refractivity contribution in [3.63, 3.8) is 0 Å². The zero-order valence-corrected chi connectivity index (χ0v) is 15.6. The first-order valence-electron chi connectivity index (χ1n) is 8.21. The summed E-state index contributed by atoms with van der Waals surface area (Å²) in [7, 11) is 4.34. The van der Waals surface area contributed by atoms with E-state index in [9.17, 15) is 4.79 Å². The Labute approximate surface area is 158 Å². The van der Waals surface area contributed by atoms with Crippen LogP contribution in [0, 0.1) is 0 Å². The van der Waals surface area contributed by atoms with Gasteiger partial charge in [0.05, 0.1) is 19.4 Å². The van der Waals surface area contributed by atoms with E-state index in [2.05, 4.69) is 17.2 Å². The Kier molecular flexibility index (Phi) is 7.39. The van der Waals surface area contributed by atoms with E-state index in [4.69, 9.17) is 14.4 Å². The number of anilines is 1. The van der Waals surface area contributed by atoms with E-state index in [-0.39, 0.29) is 5.84 Å². The quantitative estimate of drug-likeness (QED) is 0.350. The first kappa shape index (κ1) is 20.0. The van der Waals surface area contributed by atoms with Gasteiger partial charge in [-0.15, -0.1) is 0 Å². The van der Waals surface area contributed by atoms with Crippen LogP contribution in [0.1, 0.15) is 11.1 Å². The number of oxime groups is 1.